The lowest BCUT2D eigenvalue weighted by molar-refractivity contribution is -0.127. The fourth-order valence-electron chi connectivity index (χ4n) is 5.25. The number of nitrogen functional groups attached to an aromatic ring is 1. The highest BCUT2D eigenvalue weighted by Gasteiger charge is 2.32. The SMILES string of the molecule is Nc1nc(=O)n([C@@H]2CS[C@H](CO)O2)cc1F.O=C(C(=O)N1CCN(C(=O)c2ccccc2)CC1)c1c[nH]c2c(-n3ccnn3)ncc(F)c12. The van der Waals surface area contributed by atoms with E-state index in [9.17, 15) is 28.0 Å². The van der Waals surface area contributed by atoms with Crippen molar-refractivity contribution in [3.63, 3.8) is 0 Å². The molecule has 2 aliphatic rings. The van der Waals surface area contributed by atoms with Crippen molar-refractivity contribution in [3.8, 4) is 5.82 Å². The van der Waals surface area contributed by atoms with Gasteiger partial charge in [-0.15, -0.1) is 16.9 Å². The topological polar surface area (TPSA) is 207 Å². The molecule has 6 heterocycles. The minimum absolute atomic E-state index is 0.0354. The normalized spacial score (nSPS) is 17.5. The number of benzene rings is 1. The van der Waals surface area contributed by atoms with Gasteiger partial charge in [-0.05, 0) is 12.1 Å². The summed E-state index contributed by atoms with van der Waals surface area (Å²) < 4.78 is 35.4. The van der Waals surface area contributed by atoms with E-state index in [1.807, 2.05) is 6.07 Å². The van der Waals surface area contributed by atoms with Crippen LogP contribution in [0.5, 0.6) is 0 Å². The molecule has 0 unspecified atom stereocenters. The van der Waals surface area contributed by atoms with Crippen LogP contribution in [0, 0.1) is 11.6 Å². The molecule has 0 bridgehead atoms. The molecule has 0 radical (unpaired) electrons. The molecule has 2 saturated heterocycles. The number of nitrogens with zero attached hydrogens (tertiary/aromatic N) is 8. The number of fused-ring (bicyclic) bond motifs is 1. The maximum absolute atomic E-state index is 14.6. The number of ketones is 1. The summed E-state index contributed by atoms with van der Waals surface area (Å²) in [5, 5.41) is 16.4. The molecule has 0 aliphatic carbocycles. The lowest BCUT2D eigenvalue weighted by Crippen LogP contribution is -2.52. The maximum Gasteiger partial charge on any atom is 0.351 e. The fourth-order valence-corrected chi connectivity index (χ4v) is 6.18. The Kier molecular flexibility index (Phi) is 9.74. The van der Waals surface area contributed by atoms with Crippen molar-refractivity contribution < 1.29 is 33.0 Å². The van der Waals surface area contributed by atoms with E-state index < -0.39 is 46.5 Å². The summed E-state index contributed by atoms with van der Waals surface area (Å²) >= 11 is 1.35. The fraction of sp³-hybridized carbons (Fsp3) is 0.267. The second-order valence-corrected chi connectivity index (χ2v) is 11.9. The van der Waals surface area contributed by atoms with E-state index >= 15 is 0 Å². The number of pyridine rings is 1. The van der Waals surface area contributed by atoms with Gasteiger partial charge in [-0.2, -0.15) is 4.98 Å². The van der Waals surface area contributed by atoms with Gasteiger partial charge in [-0.25, -0.2) is 23.2 Å². The van der Waals surface area contributed by atoms with Gasteiger partial charge in [0.05, 0.1) is 47.9 Å². The van der Waals surface area contributed by atoms with E-state index in [0.29, 0.717) is 24.4 Å². The average molecular weight is 695 g/mol. The third-order valence-corrected chi connectivity index (χ3v) is 8.83. The largest absolute Gasteiger partial charge is 0.393 e. The number of hydrogen-bond acceptors (Lipinski definition) is 12. The molecule has 4 aromatic heterocycles. The monoisotopic (exact) mass is 694 g/mol. The number of nitrogens with one attached hydrogen (secondary N) is 1. The van der Waals surface area contributed by atoms with Gasteiger partial charge in [0.15, 0.2) is 23.3 Å². The molecule has 19 heteroatoms. The molecule has 254 valence electrons. The van der Waals surface area contributed by atoms with Gasteiger partial charge >= 0.3 is 5.69 Å². The van der Waals surface area contributed by atoms with Crippen molar-refractivity contribution in [2.45, 2.75) is 11.7 Å². The number of aliphatic hydroxyl groups is 1. The Morgan fingerprint density at radius 1 is 1.08 bits per heavy atom. The van der Waals surface area contributed by atoms with Crippen LogP contribution in [-0.2, 0) is 9.53 Å². The number of ether oxygens (including phenoxy) is 1. The van der Waals surface area contributed by atoms with E-state index in [-0.39, 0.29) is 47.9 Å². The molecule has 0 saturated carbocycles. The van der Waals surface area contributed by atoms with Gasteiger partial charge in [-0.1, -0.05) is 23.4 Å². The van der Waals surface area contributed by atoms with Crippen LogP contribution in [0.3, 0.4) is 0 Å². The highest BCUT2D eigenvalue weighted by molar-refractivity contribution is 8.00. The number of Topliss-reactive ketones (excluding diaryl/α,β-unsaturated/α-hetero) is 1. The number of amides is 2. The van der Waals surface area contributed by atoms with Gasteiger partial charge < -0.3 is 30.4 Å². The zero-order chi connectivity index (χ0) is 34.7. The summed E-state index contributed by atoms with van der Waals surface area (Å²) in [5.74, 6) is -2.92. The molecule has 2 fully saturated rings. The number of H-pyrrole nitrogens is 1. The lowest BCUT2D eigenvalue weighted by Gasteiger charge is -2.34. The van der Waals surface area contributed by atoms with Crippen molar-refractivity contribution >= 4 is 46.1 Å². The molecule has 7 rings (SSSR count). The van der Waals surface area contributed by atoms with E-state index in [1.165, 1.54) is 39.9 Å². The first-order valence-electron chi connectivity index (χ1n) is 14.8. The van der Waals surface area contributed by atoms with Crippen LogP contribution >= 0.6 is 11.8 Å². The smallest absolute Gasteiger partial charge is 0.351 e. The van der Waals surface area contributed by atoms with Crippen LogP contribution in [0.25, 0.3) is 16.7 Å². The van der Waals surface area contributed by atoms with Crippen LogP contribution in [0.15, 0.2) is 66.1 Å². The van der Waals surface area contributed by atoms with Crippen molar-refractivity contribution in [2.75, 3.05) is 44.3 Å². The number of anilines is 1. The minimum atomic E-state index is -0.835. The van der Waals surface area contributed by atoms with Crippen LogP contribution in [0.1, 0.15) is 26.9 Å². The number of nitrogens with two attached hydrogens (primary N) is 1. The maximum atomic E-state index is 14.6. The Labute approximate surface area is 279 Å². The molecule has 2 aliphatic heterocycles. The minimum Gasteiger partial charge on any atom is -0.393 e. The standard InChI is InChI=1S/C22H18FN7O3.C8H10FN3O3S/c23-16-13-25-20(30-7-6-26-27-30)18-17(16)15(12-24-18)19(31)22(33)29-10-8-28(9-11-29)21(32)14-4-2-1-3-5-14;9-4-1-12(8(14)11-7(4)10)5-3-16-6(2-13)15-5/h1-7,12-13,24H,8-11H2;1,5-6,13H,2-3H2,(H2,10,11,14)/t;5-,6+/m.0/s1. The highest BCUT2D eigenvalue weighted by Crippen LogP contribution is 2.30. The number of rotatable bonds is 6. The van der Waals surface area contributed by atoms with Crippen molar-refractivity contribution in [1.29, 1.82) is 0 Å². The van der Waals surface area contributed by atoms with Gasteiger partial charge in [0.1, 0.15) is 11.7 Å². The summed E-state index contributed by atoms with van der Waals surface area (Å²) in [5.41, 5.74) is 4.82. The van der Waals surface area contributed by atoms with Gasteiger partial charge in [0.2, 0.25) is 0 Å². The molecule has 49 heavy (non-hydrogen) atoms. The van der Waals surface area contributed by atoms with E-state index in [0.717, 1.165) is 17.0 Å². The zero-order valence-electron chi connectivity index (χ0n) is 25.5. The molecule has 4 N–H and O–H groups in total. The summed E-state index contributed by atoms with van der Waals surface area (Å²) in [6.07, 6.45) is 5.60. The first-order chi connectivity index (χ1) is 23.7. The predicted octanol–water partition coefficient (Wildman–Crippen LogP) is 0.995. The number of carbonyl (C=O) groups excluding carboxylic acids is 3. The summed E-state index contributed by atoms with van der Waals surface area (Å²) in [7, 11) is 0. The first-order valence-corrected chi connectivity index (χ1v) is 15.8. The highest BCUT2D eigenvalue weighted by atomic mass is 32.2. The third-order valence-electron chi connectivity index (χ3n) is 7.72. The van der Waals surface area contributed by atoms with E-state index in [4.69, 9.17) is 15.6 Å². The molecule has 1 aromatic carbocycles. The number of piperazine rings is 1. The first kappa shape index (κ1) is 33.4. The number of aromatic amines is 1. The number of aromatic nitrogens is 7. The average Bonchev–Trinajstić information content (AvgIpc) is 3.92. The van der Waals surface area contributed by atoms with Crippen molar-refractivity contribution in [2.24, 2.45) is 0 Å². The molecule has 2 atom stereocenters. The number of aliphatic hydroxyl groups excluding tert-OH is 1. The second kappa shape index (κ2) is 14.3. The lowest BCUT2D eigenvalue weighted by atomic mass is 10.1. The molecule has 5 aromatic rings. The zero-order valence-corrected chi connectivity index (χ0v) is 26.3. The van der Waals surface area contributed by atoms with Crippen LogP contribution in [-0.4, -0.2) is 111 Å². The van der Waals surface area contributed by atoms with Crippen LogP contribution in [0.2, 0.25) is 0 Å². The van der Waals surface area contributed by atoms with E-state index in [1.54, 1.807) is 29.2 Å². The molecular weight excluding hydrogens is 666 g/mol. The number of halogens is 2. The summed E-state index contributed by atoms with van der Waals surface area (Å²) in [6.45, 7) is 0.866. The summed E-state index contributed by atoms with van der Waals surface area (Å²) in [4.78, 5) is 63.1. The quantitative estimate of drug-likeness (QED) is 0.168. The molecule has 16 nitrogen and oxygen atoms in total. The summed E-state index contributed by atoms with van der Waals surface area (Å²) in [6, 6.07) is 8.87. The van der Waals surface area contributed by atoms with Gasteiger partial charge in [-0.3, -0.25) is 19.0 Å². The molecule has 2 amide bonds. The molecule has 0 spiro atoms. The third kappa shape index (κ3) is 6.89. The van der Waals surface area contributed by atoms with Gasteiger partial charge in [0, 0.05) is 43.7 Å². The number of hydrogen-bond donors (Lipinski definition) is 3. The van der Waals surface area contributed by atoms with Gasteiger partial charge in [0.25, 0.3) is 17.6 Å². The Morgan fingerprint density at radius 3 is 2.49 bits per heavy atom. The van der Waals surface area contributed by atoms with E-state index in [2.05, 4.69) is 25.3 Å². The van der Waals surface area contributed by atoms with Crippen LogP contribution < -0.4 is 11.4 Å². The Morgan fingerprint density at radius 2 is 1.82 bits per heavy atom. The Balaban J connectivity index is 0.000000218. The Hall–Kier alpha value is -5.53. The predicted molar refractivity (Wildman–Crippen MR) is 171 cm³/mol. The second-order valence-electron chi connectivity index (χ2n) is 10.7. The molecular formula is C30H28F2N10O6S. The van der Waals surface area contributed by atoms with Crippen molar-refractivity contribution in [3.05, 3.63) is 94.6 Å². The van der Waals surface area contributed by atoms with Crippen molar-refractivity contribution in [1.82, 2.24) is 44.3 Å². The number of thioether (sulfide) groups is 1. The Bertz CT molecular complexity index is 2050. The number of carbonyl (C=O) groups is 3. The van der Waals surface area contributed by atoms with Crippen LogP contribution in [0.4, 0.5) is 14.6 Å².